The number of nitrogens with zero attached hydrogens (tertiary/aromatic N) is 1. The molecule has 0 aliphatic rings. The van der Waals surface area contributed by atoms with E-state index in [4.69, 9.17) is 9.63 Å². The van der Waals surface area contributed by atoms with E-state index in [9.17, 15) is 4.79 Å². The molecule has 1 aromatic rings. The summed E-state index contributed by atoms with van der Waals surface area (Å²) in [6.07, 6.45) is 0. The quantitative estimate of drug-likeness (QED) is 0.725. The second-order valence-electron chi connectivity index (χ2n) is 3.26. The molecule has 4 nitrogen and oxygen atoms in total. The van der Waals surface area contributed by atoms with Crippen LogP contribution >= 0.6 is 0 Å². The zero-order valence-electron chi connectivity index (χ0n) is 7.29. The van der Waals surface area contributed by atoms with E-state index in [2.05, 4.69) is 5.16 Å². The summed E-state index contributed by atoms with van der Waals surface area (Å²) in [5.41, 5.74) is -0.305. The number of aryl methyl sites for hydroxylation is 1. The summed E-state index contributed by atoms with van der Waals surface area (Å²) in [6.45, 7) is 4.91. The van der Waals surface area contributed by atoms with E-state index in [1.807, 2.05) is 0 Å². The van der Waals surface area contributed by atoms with Crippen LogP contribution in [0.2, 0.25) is 0 Å². The minimum Gasteiger partial charge on any atom is -0.481 e. The van der Waals surface area contributed by atoms with Crippen LogP contribution in [0.5, 0.6) is 0 Å². The van der Waals surface area contributed by atoms with E-state index >= 15 is 0 Å². The fourth-order valence-electron chi connectivity index (χ4n) is 0.764. The van der Waals surface area contributed by atoms with E-state index in [0.717, 1.165) is 0 Å². The topological polar surface area (TPSA) is 63.3 Å². The van der Waals surface area contributed by atoms with Crippen LogP contribution in [0.4, 0.5) is 0 Å². The van der Waals surface area contributed by atoms with Gasteiger partial charge in [-0.05, 0) is 20.8 Å². The third-order valence-electron chi connectivity index (χ3n) is 1.78. The molecule has 1 heterocycles. The molecule has 0 aliphatic heterocycles. The third kappa shape index (κ3) is 1.32. The number of aromatic nitrogens is 1. The summed E-state index contributed by atoms with van der Waals surface area (Å²) in [5, 5.41) is 12.4. The molecule has 1 rings (SSSR count). The van der Waals surface area contributed by atoms with Gasteiger partial charge in [-0.3, -0.25) is 4.79 Å². The first kappa shape index (κ1) is 8.77. The molecule has 1 aromatic heterocycles. The molecule has 66 valence electrons. The summed E-state index contributed by atoms with van der Waals surface area (Å²) in [5.74, 6) is -0.536. The van der Waals surface area contributed by atoms with Gasteiger partial charge in [-0.2, -0.15) is 0 Å². The van der Waals surface area contributed by atoms with Crippen molar-refractivity contribution in [3.63, 3.8) is 0 Å². The molecule has 12 heavy (non-hydrogen) atoms. The first-order valence-corrected chi connectivity index (χ1v) is 3.62. The van der Waals surface area contributed by atoms with Crippen LogP contribution < -0.4 is 0 Å². The molecule has 0 spiro atoms. The van der Waals surface area contributed by atoms with Crippen molar-refractivity contribution in [1.82, 2.24) is 5.16 Å². The molecule has 4 heteroatoms. The summed E-state index contributed by atoms with van der Waals surface area (Å²) in [4.78, 5) is 10.7. The molecular formula is C8H11NO3. The maximum absolute atomic E-state index is 10.7. The van der Waals surface area contributed by atoms with Gasteiger partial charge in [0.25, 0.3) is 0 Å². The number of carboxylic acids is 1. The van der Waals surface area contributed by atoms with Gasteiger partial charge in [-0.15, -0.1) is 0 Å². The molecule has 1 N–H and O–H groups in total. The van der Waals surface area contributed by atoms with Gasteiger partial charge < -0.3 is 9.63 Å². The summed E-state index contributed by atoms with van der Waals surface area (Å²) in [6, 6.07) is 1.63. The van der Waals surface area contributed by atoms with Gasteiger partial charge >= 0.3 is 5.97 Å². The van der Waals surface area contributed by atoms with E-state index < -0.39 is 11.4 Å². The van der Waals surface area contributed by atoms with Crippen molar-refractivity contribution < 1.29 is 14.4 Å². The minimum atomic E-state index is -0.999. The highest BCUT2D eigenvalue weighted by atomic mass is 16.5. The Morgan fingerprint density at radius 3 is 2.58 bits per heavy atom. The molecule has 0 saturated carbocycles. The molecule has 0 aromatic carbocycles. The smallest absolute Gasteiger partial charge is 0.316 e. The Morgan fingerprint density at radius 2 is 2.25 bits per heavy atom. The van der Waals surface area contributed by atoms with Crippen LogP contribution in [0.15, 0.2) is 10.6 Å². The second-order valence-corrected chi connectivity index (χ2v) is 3.26. The predicted octanol–water partition coefficient (Wildman–Crippen LogP) is 1.35. The molecule has 0 unspecified atom stereocenters. The maximum Gasteiger partial charge on any atom is 0.316 e. The fourth-order valence-corrected chi connectivity index (χ4v) is 0.764. The van der Waals surface area contributed by atoms with Crippen LogP contribution in [0, 0.1) is 6.92 Å². The lowest BCUT2D eigenvalue weighted by atomic mass is 9.90. The van der Waals surface area contributed by atoms with Crippen molar-refractivity contribution in [1.29, 1.82) is 0 Å². The molecule has 0 amide bonds. The highest BCUT2D eigenvalue weighted by Crippen LogP contribution is 2.23. The summed E-state index contributed by atoms with van der Waals surface area (Å²) in [7, 11) is 0. The van der Waals surface area contributed by atoms with Gasteiger partial charge in [0.1, 0.15) is 5.41 Å². The van der Waals surface area contributed by atoms with Gasteiger partial charge in [-0.1, -0.05) is 5.16 Å². The Kier molecular flexibility index (Phi) is 1.92. The van der Waals surface area contributed by atoms with Crippen LogP contribution in [0.3, 0.4) is 0 Å². The monoisotopic (exact) mass is 169 g/mol. The number of carboxylic acid groups (broad SMARTS) is 1. The lowest BCUT2D eigenvalue weighted by Crippen LogP contribution is -2.27. The van der Waals surface area contributed by atoms with E-state index in [1.165, 1.54) is 0 Å². The van der Waals surface area contributed by atoms with Gasteiger partial charge in [0.2, 0.25) is 0 Å². The van der Waals surface area contributed by atoms with Crippen LogP contribution in [0.25, 0.3) is 0 Å². The molecule has 0 bridgehead atoms. The van der Waals surface area contributed by atoms with E-state index in [-0.39, 0.29) is 0 Å². The summed E-state index contributed by atoms with van der Waals surface area (Å²) >= 11 is 0. The lowest BCUT2D eigenvalue weighted by Gasteiger charge is -2.13. The highest BCUT2D eigenvalue weighted by Gasteiger charge is 2.33. The average Bonchev–Trinajstić information content (AvgIpc) is 2.35. The zero-order chi connectivity index (χ0) is 9.35. The Bertz CT molecular complexity index is 301. The standard InChI is InChI=1S/C8H11NO3/c1-5-4-6(12-9-5)8(2,3)7(10)11/h4H,1-3H3,(H,10,11). The van der Waals surface area contributed by atoms with Crippen LogP contribution in [-0.2, 0) is 10.2 Å². The first-order valence-electron chi connectivity index (χ1n) is 3.62. The van der Waals surface area contributed by atoms with Gasteiger partial charge in [-0.25, -0.2) is 0 Å². The van der Waals surface area contributed by atoms with Crippen LogP contribution in [0.1, 0.15) is 25.3 Å². The molecule has 0 radical (unpaired) electrons. The first-order chi connectivity index (χ1) is 5.44. The van der Waals surface area contributed by atoms with Crippen molar-refractivity contribution in [3.8, 4) is 0 Å². The van der Waals surface area contributed by atoms with Crippen molar-refractivity contribution in [2.45, 2.75) is 26.2 Å². The van der Waals surface area contributed by atoms with Gasteiger partial charge in [0, 0.05) is 6.07 Å². The Balaban J connectivity index is 3.05. The Hall–Kier alpha value is -1.32. The number of aliphatic carboxylic acids is 1. The largest absolute Gasteiger partial charge is 0.481 e. The zero-order valence-corrected chi connectivity index (χ0v) is 7.29. The molecule has 0 atom stereocenters. The molecular weight excluding hydrogens is 158 g/mol. The maximum atomic E-state index is 10.7. The lowest BCUT2D eigenvalue weighted by molar-refractivity contribution is -0.143. The average molecular weight is 169 g/mol. The number of rotatable bonds is 2. The third-order valence-corrected chi connectivity index (χ3v) is 1.78. The van der Waals surface area contributed by atoms with Crippen molar-refractivity contribution in [2.24, 2.45) is 0 Å². The molecule has 0 aliphatic carbocycles. The Labute approximate surface area is 70.2 Å². The van der Waals surface area contributed by atoms with Gasteiger partial charge in [0.05, 0.1) is 5.69 Å². The summed E-state index contributed by atoms with van der Waals surface area (Å²) < 4.78 is 4.86. The number of carbonyl (C=O) groups is 1. The number of hydrogen-bond acceptors (Lipinski definition) is 3. The second kappa shape index (κ2) is 2.62. The highest BCUT2D eigenvalue weighted by molar-refractivity contribution is 5.79. The van der Waals surface area contributed by atoms with Crippen molar-refractivity contribution in [2.75, 3.05) is 0 Å². The Morgan fingerprint density at radius 1 is 1.67 bits per heavy atom. The molecule has 0 saturated heterocycles. The predicted molar refractivity (Wildman–Crippen MR) is 41.9 cm³/mol. The van der Waals surface area contributed by atoms with E-state index in [0.29, 0.717) is 11.5 Å². The SMILES string of the molecule is Cc1cc(C(C)(C)C(=O)O)on1. The molecule has 0 fully saturated rings. The normalized spacial score (nSPS) is 11.6. The number of hydrogen-bond donors (Lipinski definition) is 1. The minimum absolute atomic E-state index is 0.382. The van der Waals surface area contributed by atoms with Crippen LogP contribution in [-0.4, -0.2) is 16.2 Å². The van der Waals surface area contributed by atoms with E-state index in [1.54, 1.807) is 26.8 Å². The van der Waals surface area contributed by atoms with Crippen molar-refractivity contribution >= 4 is 5.97 Å². The van der Waals surface area contributed by atoms with Crippen molar-refractivity contribution in [3.05, 3.63) is 17.5 Å². The van der Waals surface area contributed by atoms with Gasteiger partial charge in [0.15, 0.2) is 5.76 Å². The fraction of sp³-hybridized carbons (Fsp3) is 0.500.